The first-order valence-electron chi connectivity index (χ1n) is 12.9. The summed E-state index contributed by atoms with van der Waals surface area (Å²) in [6.45, 7) is 10.8. The van der Waals surface area contributed by atoms with Crippen LogP contribution < -0.4 is 5.32 Å². The van der Waals surface area contributed by atoms with Crippen LogP contribution >= 0.6 is 0 Å². The summed E-state index contributed by atoms with van der Waals surface area (Å²) >= 11 is 0. The van der Waals surface area contributed by atoms with Crippen molar-refractivity contribution in [3.05, 3.63) is 52.7 Å². The Morgan fingerprint density at radius 1 is 1.03 bits per heavy atom. The average molecular weight is 473 g/mol. The zero-order valence-corrected chi connectivity index (χ0v) is 20.9. The first-order valence-corrected chi connectivity index (χ1v) is 12.9. The molecule has 0 bridgehead atoms. The highest BCUT2D eigenvalue weighted by molar-refractivity contribution is 5.89. The standard InChI is InChI=1S/C29H39F3N2/c1-19-17-20(2)26(21(3)18-19)8-6-5-7-23-13-15-28(16-14-23)22(4)33-27(34-28)24-9-11-25(12-10-24)29(30,31)32/h6,8,17-18,23-25H,4-5,7,9-16H2,1-3H3,(H,33,34)/b8-6+. The molecule has 0 unspecified atom stereocenters. The molecule has 2 nitrogen and oxygen atoms in total. The van der Waals surface area contributed by atoms with E-state index in [0.717, 1.165) is 43.6 Å². The lowest BCUT2D eigenvalue weighted by Crippen LogP contribution is -2.35. The quantitative estimate of drug-likeness (QED) is 0.459. The van der Waals surface area contributed by atoms with Crippen molar-refractivity contribution >= 4 is 11.9 Å². The van der Waals surface area contributed by atoms with Crippen molar-refractivity contribution in [1.82, 2.24) is 5.32 Å². The SMILES string of the molecule is C=C1NC(C2CCC(C(F)(F)F)CC2)=NC12CCC(CC/C=C/c1c(C)cc(C)cc1C)CC2. The number of benzene rings is 1. The molecular formula is C29H39F3N2. The van der Waals surface area contributed by atoms with Gasteiger partial charge in [-0.05, 0) is 108 Å². The molecule has 0 saturated heterocycles. The normalized spacial score (nSPS) is 30.1. The second-order valence-electron chi connectivity index (χ2n) is 11.0. The van der Waals surface area contributed by atoms with E-state index in [1.165, 1.54) is 28.7 Å². The second kappa shape index (κ2) is 9.91. The molecule has 5 heteroatoms. The molecule has 4 rings (SSSR count). The van der Waals surface area contributed by atoms with Gasteiger partial charge < -0.3 is 5.32 Å². The average Bonchev–Trinajstić information content (AvgIpc) is 3.09. The Labute approximate surface area is 202 Å². The maximum atomic E-state index is 13.0. The van der Waals surface area contributed by atoms with Crippen LogP contribution in [0.2, 0.25) is 0 Å². The number of aryl methyl sites for hydroxylation is 3. The Bertz CT molecular complexity index is 933. The fraction of sp³-hybridized carbons (Fsp3) is 0.621. The van der Waals surface area contributed by atoms with Crippen LogP contribution in [0.15, 0.2) is 35.5 Å². The number of aliphatic imine (C=N–C) groups is 1. The molecule has 1 N–H and O–H groups in total. The van der Waals surface area contributed by atoms with Crippen LogP contribution in [0.5, 0.6) is 0 Å². The first-order chi connectivity index (χ1) is 16.1. The molecule has 0 atom stereocenters. The molecule has 1 aromatic carbocycles. The zero-order chi connectivity index (χ0) is 24.5. The van der Waals surface area contributed by atoms with Crippen LogP contribution in [0.4, 0.5) is 13.2 Å². The number of allylic oxidation sites excluding steroid dienone is 1. The van der Waals surface area contributed by atoms with Crippen molar-refractivity contribution in [1.29, 1.82) is 0 Å². The van der Waals surface area contributed by atoms with Gasteiger partial charge in [0.2, 0.25) is 0 Å². The third-order valence-electron chi connectivity index (χ3n) is 8.45. The summed E-state index contributed by atoms with van der Waals surface area (Å²) < 4.78 is 39.0. The molecule has 0 aromatic heterocycles. The molecule has 1 aromatic rings. The van der Waals surface area contributed by atoms with Gasteiger partial charge in [0.1, 0.15) is 11.4 Å². The molecular weight excluding hydrogens is 433 g/mol. The number of hydrogen-bond donors (Lipinski definition) is 1. The van der Waals surface area contributed by atoms with E-state index in [0.29, 0.717) is 18.8 Å². The van der Waals surface area contributed by atoms with Gasteiger partial charge >= 0.3 is 6.18 Å². The maximum absolute atomic E-state index is 13.0. The Morgan fingerprint density at radius 2 is 1.65 bits per heavy atom. The number of rotatable bonds is 5. The summed E-state index contributed by atoms with van der Waals surface area (Å²) in [6, 6.07) is 4.49. The predicted molar refractivity (Wildman–Crippen MR) is 135 cm³/mol. The highest BCUT2D eigenvalue weighted by atomic mass is 19.4. The maximum Gasteiger partial charge on any atom is 0.391 e. The smallest absolute Gasteiger partial charge is 0.346 e. The van der Waals surface area contributed by atoms with Gasteiger partial charge in [-0.3, -0.25) is 4.99 Å². The van der Waals surface area contributed by atoms with Crippen LogP contribution in [0.3, 0.4) is 0 Å². The van der Waals surface area contributed by atoms with Gasteiger partial charge in [-0.1, -0.05) is 36.4 Å². The highest BCUT2D eigenvalue weighted by Gasteiger charge is 2.46. The van der Waals surface area contributed by atoms with Gasteiger partial charge in [0.25, 0.3) is 0 Å². The van der Waals surface area contributed by atoms with Gasteiger partial charge in [-0.25, -0.2) is 0 Å². The molecule has 186 valence electrons. The summed E-state index contributed by atoms with van der Waals surface area (Å²) in [6.07, 6.45) is 8.61. The molecule has 2 aliphatic carbocycles. The second-order valence-corrected chi connectivity index (χ2v) is 11.0. The molecule has 1 heterocycles. The molecule has 2 saturated carbocycles. The van der Waals surface area contributed by atoms with E-state index in [1.54, 1.807) is 0 Å². The first kappa shape index (κ1) is 25.1. The molecule has 1 spiro atoms. The Morgan fingerprint density at radius 3 is 2.24 bits per heavy atom. The molecule has 1 aliphatic heterocycles. The van der Waals surface area contributed by atoms with Crippen LogP contribution in [0.1, 0.15) is 86.5 Å². The van der Waals surface area contributed by atoms with E-state index < -0.39 is 12.1 Å². The summed E-state index contributed by atoms with van der Waals surface area (Å²) in [5, 5.41) is 3.40. The summed E-state index contributed by atoms with van der Waals surface area (Å²) in [5.41, 5.74) is 6.05. The minimum Gasteiger partial charge on any atom is -0.346 e. The molecule has 3 aliphatic rings. The fourth-order valence-corrected chi connectivity index (χ4v) is 6.33. The van der Waals surface area contributed by atoms with Crippen molar-refractivity contribution in [2.24, 2.45) is 22.7 Å². The Balaban J connectivity index is 1.27. The van der Waals surface area contributed by atoms with Crippen LogP contribution in [0.25, 0.3) is 6.08 Å². The summed E-state index contributed by atoms with van der Waals surface area (Å²) in [5.74, 6) is 0.568. The lowest BCUT2D eigenvalue weighted by Gasteiger charge is -2.35. The van der Waals surface area contributed by atoms with Crippen molar-refractivity contribution in [3.8, 4) is 0 Å². The molecule has 2 fully saturated rings. The van der Waals surface area contributed by atoms with E-state index in [9.17, 15) is 13.2 Å². The van der Waals surface area contributed by atoms with Crippen LogP contribution in [0, 0.1) is 38.5 Å². The largest absolute Gasteiger partial charge is 0.391 e. The van der Waals surface area contributed by atoms with Crippen molar-refractivity contribution in [3.63, 3.8) is 0 Å². The minimum atomic E-state index is -4.06. The predicted octanol–water partition coefficient (Wildman–Crippen LogP) is 8.22. The summed E-state index contributed by atoms with van der Waals surface area (Å²) in [7, 11) is 0. The third-order valence-corrected chi connectivity index (χ3v) is 8.45. The van der Waals surface area contributed by atoms with Gasteiger partial charge in [-0.2, -0.15) is 13.2 Å². The van der Waals surface area contributed by atoms with Gasteiger partial charge in [0.15, 0.2) is 0 Å². The number of halogens is 3. The fourth-order valence-electron chi connectivity index (χ4n) is 6.33. The lowest BCUT2D eigenvalue weighted by molar-refractivity contribution is -0.182. The number of amidine groups is 1. The highest BCUT2D eigenvalue weighted by Crippen LogP contribution is 2.45. The number of alkyl halides is 3. The third kappa shape index (κ3) is 5.44. The van der Waals surface area contributed by atoms with Gasteiger partial charge in [0, 0.05) is 11.6 Å². The van der Waals surface area contributed by atoms with Gasteiger partial charge in [0.05, 0.1) is 5.92 Å². The Hall–Kier alpha value is -2.04. The number of hydrogen-bond acceptors (Lipinski definition) is 2. The number of nitrogens with one attached hydrogen (secondary N) is 1. The van der Waals surface area contributed by atoms with E-state index in [2.05, 4.69) is 57.0 Å². The molecule has 0 radical (unpaired) electrons. The topological polar surface area (TPSA) is 24.4 Å². The lowest BCUT2D eigenvalue weighted by atomic mass is 9.74. The van der Waals surface area contributed by atoms with E-state index in [-0.39, 0.29) is 24.3 Å². The van der Waals surface area contributed by atoms with E-state index in [4.69, 9.17) is 4.99 Å². The van der Waals surface area contributed by atoms with Crippen LogP contribution in [-0.2, 0) is 0 Å². The van der Waals surface area contributed by atoms with Crippen molar-refractivity contribution in [2.75, 3.05) is 0 Å². The number of nitrogens with zero attached hydrogens (tertiary/aromatic N) is 1. The molecule has 0 amide bonds. The van der Waals surface area contributed by atoms with Crippen molar-refractivity contribution in [2.45, 2.75) is 96.7 Å². The summed E-state index contributed by atoms with van der Waals surface area (Å²) in [4.78, 5) is 5.08. The van der Waals surface area contributed by atoms with Crippen LogP contribution in [-0.4, -0.2) is 17.6 Å². The van der Waals surface area contributed by atoms with E-state index in [1.807, 2.05) is 0 Å². The minimum absolute atomic E-state index is 0.117. The Kier molecular flexibility index (Phi) is 7.30. The van der Waals surface area contributed by atoms with Gasteiger partial charge in [-0.15, -0.1) is 0 Å². The van der Waals surface area contributed by atoms with Crippen molar-refractivity contribution < 1.29 is 13.2 Å². The molecule has 34 heavy (non-hydrogen) atoms. The monoisotopic (exact) mass is 472 g/mol. The van der Waals surface area contributed by atoms with E-state index >= 15 is 0 Å². The zero-order valence-electron chi connectivity index (χ0n) is 20.9.